The van der Waals surface area contributed by atoms with E-state index in [0.717, 1.165) is 16.9 Å². The molecule has 3 heterocycles. The van der Waals surface area contributed by atoms with Crippen LogP contribution in [0, 0.1) is 0 Å². The Morgan fingerprint density at radius 1 is 1.00 bits per heavy atom. The third-order valence-electron chi connectivity index (χ3n) is 3.84. The number of sulfone groups is 1. The van der Waals surface area contributed by atoms with Gasteiger partial charge in [-0.15, -0.1) is 22.7 Å². The summed E-state index contributed by atoms with van der Waals surface area (Å²) in [6.07, 6.45) is 3.19. The van der Waals surface area contributed by atoms with Crippen molar-refractivity contribution in [2.75, 3.05) is 6.54 Å². The fraction of sp³-hybridized carbons (Fsp3) is 0.167. The summed E-state index contributed by atoms with van der Waals surface area (Å²) in [6, 6.07) is 10.1. The van der Waals surface area contributed by atoms with Gasteiger partial charge >= 0.3 is 11.8 Å². The third kappa shape index (κ3) is 4.83. The van der Waals surface area contributed by atoms with Gasteiger partial charge < -0.3 is 10.6 Å². The third-order valence-corrected chi connectivity index (χ3v) is 8.49. The molecule has 2 N–H and O–H groups in total. The van der Waals surface area contributed by atoms with Crippen LogP contribution in [0.3, 0.4) is 0 Å². The molecule has 0 aromatic carbocycles. The van der Waals surface area contributed by atoms with Gasteiger partial charge in [-0.25, -0.2) is 8.42 Å². The number of carbonyl (C=O) groups excluding carboxylic acids is 2. The standard InChI is InChI=1S/C18H17N3O4S3/c22-17(20-11-13-4-1-7-19-10-13)18(23)21-12-15(14-5-2-8-26-14)28(24,25)16-6-3-9-27-16/h1-10,15H,11-12H2,(H,20,22)(H,21,23)/t15-/m0/s1. The summed E-state index contributed by atoms with van der Waals surface area (Å²) in [5, 5.41) is 7.43. The summed E-state index contributed by atoms with van der Waals surface area (Å²) in [7, 11) is -3.68. The van der Waals surface area contributed by atoms with Crippen molar-refractivity contribution in [3.8, 4) is 0 Å². The molecule has 0 bridgehead atoms. The molecular formula is C18H17N3O4S3. The average Bonchev–Trinajstić information content (AvgIpc) is 3.41. The number of aromatic nitrogens is 1. The molecule has 0 saturated heterocycles. The number of hydrogen-bond acceptors (Lipinski definition) is 7. The molecule has 2 amide bonds. The van der Waals surface area contributed by atoms with Crippen molar-refractivity contribution in [1.82, 2.24) is 15.6 Å². The van der Waals surface area contributed by atoms with Crippen LogP contribution in [-0.4, -0.2) is 31.8 Å². The average molecular weight is 436 g/mol. The normalized spacial score (nSPS) is 12.3. The fourth-order valence-electron chi connectivity index (χ4n) is 2.43. The fourth-order valence-corrected chi connectivity index (χ4v) is 6.42. The maximum atomic E-state index is 12.9. The highest BCUT2D eigenvalue weighted by atomic mass is 32.2. The van der Waals surface area contributed by atoms with Crippen LogP contribution >= 0.6 is 22.7 Å². The lowest BCUT2D eigenvalue weighted by molar-refractivity contribution is -0.139. The number of thiophene rings is 2. The number of hydrogen-bond donors (Lipinski definition) is 2. The SMILES string of the molecule is O=C(NCc1cccnc1)C(=O)NC[C@@H](c1cccs1)S(=O)(=O)c1cccs1. The Morgan fingerprint density at radius 3 is 2.39 bits per heavy atom. The summed E-state index contributed by atoms with van der Waals surface area (Å²) in [4.78, 5) is 28.7. The summed E-state index contributed by atoms with van der Waals surface area (Å²) in [6.45, 7) is -0.0398. The molecule has 3 aromatic rings. The number of pyridine rings is 1. The lowest BCUT2D eigenvalue weighted by Crippen LogP contribution is -2.41. The van der Waals surface area contributed by atoms with Crippen molar-refractivity contribution in [3.63, 3.8) is 0 Å². The Hall–Kier alpha value is -2.56. The first-order valence-electron chi connectivity index (χ1n) is 8.24. The molecule has 0 saturated carbocycles. The molecular weight excluding hydrogens is 418 g/mol. The molecule has 0 radical (unpaired) electrons. The van der Waals surface area contributed by atoms with Crippen molar-refractivity contribution < 1.29 is 18.0 Å². The Labute approximate surface area is 170 Å². The van der Waals surface area contributed by atoms with Crippen LogP contribution in [0.2, 0.25) is 0 Å². The van der Waals surface area contributed by atoms with Crippen LogP contribution < -0.4 is 10.6 Å². The predicted octanol–water partition coefficient (Wildman–Crippen LogP) is 2.15. The monoisotopic (exact) mass is 435 g/mol. The van der Waals surface area contributed by atoms with E-state index in [4.69, 9.17) is 0 Å². The minimum atomic E-state index is -3.68. The van der Waals surface area contributed by atoms with Gasteiger partial charge in [0.1, 0.15) is 9.46 Å². The van der Waals surface area contributed by atoms with E-state index in [1.54, 1.807) is 53.5 Å². The van der Waals surface area contributed by atoms with Gasteiger partial charge in [-0.3, -0.25) is 14.6 Å². The van der Waals surface area contributed by atoms with Crippen molar-refractivity contribution in [3.05, 3.63) is 70.0 Å². The molecule has 0 aliphatic rings. The highest BCUT2D eigenvalue weighted by Crippen LogP contribution is 2.33. The van der Waals surface area contributed by atoms with E-state index >= 15 is 0 Å². The first-order chi connectivity index (χ1) is 13.5. The second kappa shape index (κ2) is 9.09. The Balaban J connectivity index is 1.65. The Bertz CT molecular complexity index is 1020. The lowest BCUT2D eigenvalue weighted by atomic mass is 10.3. The predicted molar refractivity (Wildman–Crippen MR) is 108 cm³/mol. The van der Waals surface area contributed by atoms with Gasteiger partial charge in [0.2, 0.25) is 0 Å². The van der Waals surface area contributed by atoms with Crippen LogP contribution in [-0.2, 0) is 26.0 Å². The van der Waals surface area contributed by atoms with Crippen LogP contribution in [0.25, 0.3) is 0 Å². The molecule has 3 aromatic heterocycles. The lowest BCUT2D eigenvalue weighted by Gasteiger charge is -2.16. The number of carbonyl (C=O) groups is 2. The van der Waals surface area contributed by atoms with Gasteiger partial charge in [0.25, 0.3) is 0 Å². The molecule has 0 unspecified atom stereocenters. The van der Waals surface area contributed by atoms with E-state index in [1.165, 1.54) is 17.4 Å². The quantitative estimate of drug-likeness (QED) is 0.553. The van der Waals surface area contributed by atoms with Gasteiger partial charge in [-0.2, -0.15) is 0 Å². The van der Waals surface area contributed by atoms with Crippen molar-refractivity contribution >= 4 is 44.3 Å². The number of rotatable bonds is 7. The molecule has 0 spiro atoms. The molecule has 1 atom stereocenters. The van der Waals surface area contributed by atoms with Gasteiger partial charge in [0, 0.05) is 30.4 Å². The highest BCUT2D eigenvalue weighted by molar-refractivity contribution is 7.93. The molecule has 28 heavy (non-hydrogen) atoms. The maximum absolute atomic E-state index is 12.9. The molecule has 0 aliphatic carbocycles. The van der Waals surface area contributed by atoms with Crippen LogP contribution in [0.4, 0.5) is 0 Å². The largest absolute Gasteiger partial charge is 0.346 e. The van der Waals surface area contributed by atoms with E-state index in [-0.39, 0.29) is 17.3 Å². The van der Waals surface area contributed by atoms with Crippen molar-refractivity contribution in [1.29, 1.82) is 0 Å². The topological polar surface area (TPSA) is 105 Å². The van der Waals surface area contributed by atoms with Crippen LogP contribution in [0.5, 0.6) is 0 Å². The number of nitrogens with one attached hydrogen (secondary N) is 2. The van der Waals surface area contributed by atoms with E-state index in [0.29, 0.717) is 4.88 Å². The molecule has 3 rings (SSSR count). The zero-order valence-corrected chi connectivity index (χ0v) is 17.0. The van der Waals surface area contributed by atoms with Crippen LogP contribution in [0.1, 0.15) is 15.7 Å². The van der Waals surface area contributed by atoms with E-state index in [9.17, 15) is 18.0 Å². The summed E-state index contributed by atoms with van der Waals surface area (Å²) < 4.78 is 26.1. The number of nitrogens with zero attached hydrogens (tertiary/aromatic N) is 1. The van der Waals surface area contributed by atoms with E-state index in [2.05, 4.69) is 15.6 Å². The van der Waals surface area contributed by atoms with Gasteiger partial charge in [0.15, 0.2) is 9.84 Å². The smallest absolute Gasteiger partial charge is 0.309 e. The summed E-state index contributed by atoms with van der Waals surface area (Å²) in [5.41, 5.74) is 0.750. The molecule has 146 valence electrons. The molecule has 0 aliphatic heterocycles. The first kappa shape index (κ1) is 20.2. The zero-order chi connectivity index (χ0) is 20.0. The molecule has 0 fully saturated rings. The summed E-state index contributed by atoms with van der Waals surface area (Å²) >= 11 is 2.41. The zero-order valence-electron chi connectivity index (χ0n) is 14.6. The number of amides is 2. The van der Waals surface area contributed by atoms with Crippen LogP contribution in [0.15, 0.2) is 63.8 Å². The van der Waals surface area contributed by atoms with Gasteiger partial charge in [-0.05, 0) is 34.5 Å². The Kier molecular flexibility index (Phi) is 6.55. The second-order valence-electron chi connectivity index (χ2n) is 5.74. The first-order valence-corrected chi connectivity index (χ1v) is 11.5. The maximum Gasteiger partial charge on any atom is 0.309 e. The van der Waals surface area contributed by atoms with Gasteiger partial charge in [-0.1, -0.05) is 18.2 Å². The minimum Gasteiger partial charge on any atom is -0.346 e. The highest BCUT2D eigenvalue weighted by Gasteiger charge is 2.31. The van der Waals surface area contributed by atoms with Crippen molar-refractivity contribution in [2.24, 2.45) is 0 Å². The summed E-state index contributed by atoms with van der Waals surface area (Å²) in [5.74, 6) is -1.71. The van der Waals surface area contributed by atoms with Gasteiger partial charge in [0.05, 0.1) is 0 Å². The van der Waals surface area contributed by atoms with E-state index < -0.39 is 26.9 Å². The Morgan fingerprint density at radius 2 is 1.75 bits per heavy atom. The minimum absolute atomic E-state index is 0.155. The molecule has 10 heteroatoms. The van der Waals surface area contributed by atoms with Crippen molar-refractivity contribution in [2.45, 2.75) is 16.0 Å². The second-order valence-corrected chi connectivity index (χ2v) is 10.0. The molecule has 7 nitrogen and oxygen atoms in total. The van der Waals surface area contributed by atoms with E-state index in [1.807, 2.05) is 0 Å².